The molecule has 14 heteroatoms. The quantitative estimate of drug-likeness (QED) is 0.376. The first kappa shape index (κ1) is 29.2. The molecule has 0 amide bonds. The Bertz CT molecular complexity index is 1430. The van der Waals surface area contributed by atoms with Gasteiger partial charge in [-0.3, -0.25) is 4.72 Å². The number of carboxylic acids is 2. The fraction of sp³-hybridized carbons (Fsp3) is 0.200. The van der Waals surface area contributed by atoms with E-state index in [0.717, 1.165) is 0 Å². The zero-order valence-corrected chi connectivity index (χ0v) is 20.9. The minimum absolute atomic E-state index is 0.0236. The molecule has 0 atom stereocenters. The second kappa shape index (κ2) is 12.0. The molecular formula is C25H23F4N3O6S. The SMILES string of the molecule is O=C(O)C(F)(F)F.O=C(O)c1ccc(N2CCN(c3ccccc3F)CC2)c(NS(=O)(=O)c2ccccc2)c1. The van der Waals surface area contributed by atoms with Crippen molar-refractivity contribution in [1.29, 1.82) is 0 Å². The minimum Gasteiger partial charge on any atom is -0.478 e. The molecule has 0 aromatic heterocycles. The molecule has 1 aliphatic heterocycles. The Balaban J connectivity index is 0.000000532. The zero-order chi connectivity index (χ0) is 28.8. The van der Waals surface area contributed by atoms with Crippen LogP contribution in [0.25, 0.3) is 0 Å². The first-order valence-electron chi connectivity index (χ1n) is 11.3. The molecule has 1 heterocycles. The standard InChI is InChI=1S/C23H22FN3O4S.C2HF3O2/c24-19-8-4-5-9-21(19)26-12-14-27(15-13-26)22-11-10-17(23(28)29)16-20(22)25-32(30,31)18-6-2-1-3-7-18;3-2(4,5)1(6)7/h1-11,16,25H,12-15H2,(H,28,29);(H,6,7). The lowest BCUT2D eigenvalue weighted by Crippen LogP contribution is -2.47. The number of halogens is 4. The zero-order valence-electron chi connectivity index (χ0n) is 20.1. The Hall–Kier alpha value is -4.33. The number of carboxylic acid groups (broad SMARTS) is 2. The molecule has 9 nitrogen and oxygen atoms in total. The van der Waals surface area contributed by atoms with Crippen molar-refractivity contribution in [3.63, 3.8) is 0 Å². The molecule has 208 valence electrons. The second-order valence-electron chi connectivity index (χ2n) is 8.18. The molecule has 0 unspecified atom stereocenters. The molecule has 39 heavy (non-hydrogen) atoms. The van der Waals surface area contributed by atoms with Gasteiger partial charge < -0.3 is 20.0 Å². The average molecular weight is 570 g/mol. The number of anilines is 3. The van der Waals surface area contributed by atoms with Crippen LogP contribution >= 0.6 is 0 Å². The van der Waals surface area contributed by atoms with E-state index >= 15 is 0 Å². The van der Waals surface area contributed by atoms with Crippen LogP contribution in [0.4, 0.5) is 34.6 Å². The summed E-state index contributed by atoms with van der Waals surface area (Å²) in [6.07, 6.45) is -5.08. The Morgan fingerprint density at radius 1 is 0.795 bits per heavy atom. The van der Waals surface area contributed by atoms with Gasteiger partial charge >= 0.3 is 18.1 Å². The normalized spacial score (nSPS) is 13.7. The lowest BCUT2D eigenvalue weighted by atomic mass is 10.1. The van der Waals surface area contributed by atoms with Crippen LogP contribution in [0, 0.1) is 5.82 Å². The van der Waals surface area contributed by atoms with Crippen LogP contribution in [0.2, 0.25) is 0 Å². The van der Waals surface area contributed by atoms with Crippen LogP contribution in [0.3, 0.4) is 0 Å². The molecule has 1 aliphatic rings. The largest absolute Gasteiger partial charge is 0.490 e. The van der Waals surface area contributed by atoms with Crippen molar-refractivity contribution in [2.45, 2.75) is 11.1 Å². The number of nitrogens with one attached hydrogen (secondary N) is 1. The van der Waals surface area contributed by atoms with E-state index in [2.05, 4.69) is 4.72 Å². The Kier molecular flexibility index (Phi) is 9.01. The number of aliphatic carboxylic acids is 1. The van der Waals surface area contributed by atoms with Gasteiger partial charge in [0, 0.05) is 26.2 Å². The van der Waals surface area contributed by atoms with Gasteiger partial charge in [-0.15, -0.1) is 0 Å². The predicted octanol–water partition coefficient (Wildman–Crippen LogP) is 4.28. The van der Waals surface area contributed by atoms with Crippen LogP contribution in [0.5, 0.6) is 0 Å². The van der Waals surface area contributed by atoms with Gasteiger partial charge in [-0.2, -0.15) is 13.2 Å². The number of rotatable bonds is 6. The smallest absolute Gasteiger partial charge is 0.478 e. The van der Waals surface area contributed by atoms with Crippen molar-refractivity contribution in [1.82, 2.24) is 0 Å². The van der Waals surface area contributed by atoms with Crippen molar-refractivity contribution in [2.24, 2.45) is 0 Å². The molecule has 3 aromatic carbocycles. The molecule has 3 aromatic rings. The van der Waals surface area contributed by atoms with Crippen LogP contribution in [-0.4, -0.2) is 62.9 Å². The van der Waals surface area contributed by atoms with E-state index in [1.165, 1.54) is 30.3 Å². The third-order valence-electron chi connectivity index (χ3n) is 5.60. The van der Waals surface area contributed by atoms with Gasteiger partial charge in [-0.25, -0.2) is 22.4 Å². The highest BCUT2D eigenvalue weighted by Crippen LogP contribution is 2.31. The van der Waals surface area contributed by atoms with Crippen molar-refractivity contribution in [3.05, 3.63) is 84.2 Å². The molecule has 0 radical (unpaired) electrons. The van der Waals surface area contributed by atoms with Crippen LogP contribution in [0.15, 0.2) is 77.7 Å². The number of piperazine rings is 1. The highest BCUT2D eigenvalue weighted by atomic mass is 32.2. The third kappa shape index (κ3) is 7.60. The van der Waals surface area contributed by atoms with Gasteiger partial charge in [0.25, 0.3) is 10.0 Å². The van der Waals surface area contributed by atoms with E-state index in [1.807, 2.05) is 9.80 Å². The van der Waals surface area contributed by atoms with Crippen LogP contribution in [-0.2, 0) is 14.8 Å². The monoisotopic (exact) mass is 569 g/mol. The van der Waals surface area contributed by atoms with Crippen molar-refractivity contribution >= 4 is 39.0 Å². The van der Waals surface area contributed by atoms with Gasteiger partial charge in [0.05, 0.1) is 27.5 Å². The molecule has 3 N–H and O–H groups in total. The number of aromatic carboxylic acids is 1. The molecule has 1 saturated heterocycles. The first-order valence-corrected chi connectivity index (χ1v) is 12.8. The number of para-hydroxylation sites is 1. The van der Waals surface area contributed by atoms with Crippen molar-refractivity contribution in [2.75, 3.05) is 40.7 Å². The van der Waals surface area contributed by atoms with Gasteiger partial charge in [0.15, 0.2) is 0 Å². The van der Waals surface area contributed by atoms with Gasteiger partial charge in [-0.05, 0) is 42.5 Å². The fourth-order valence-corrected chi connectivity index (χ4v) is 4.81. The highest BCUT2D eigenvalue weighted by molar-refractivity contribution is 7.92. The maximum Gasteiger partial charge on any atom is 0.490 e. The molecule has 1 fully saturated rings. The van der Waals surface area contributed by atoms with E-state index in [4.69, 9.17) is 9.90 Å². The van der Waals surface area contributed by atoms with E-state index < -0.39 is 28.1 Å². The van der Waals surface area contributed by atoms with Crippen LogP contribution < -0.4 is 14.5 Å². The maximum absolute atomic E-state index is 14.1. The van der Waals surface area contributed by atoms with Crippen molar-refractivity contribution in [3.8, 4) is 0 Å². The summed E-state index contributed by atoms with van der Waals surface area (Å²) >= 11 is 0. The molecule has 4 rings (SSSR count). The van der Waals surface area contributed by atoms with E-state index in [1.54, 1.807) is 42.5 Å². The summed E-state index contributed by atoms with van der Waals surface area (Å²) in [6, 6.07) is 18.8. The summed E-state index contributed by atoms with van der Waals surface area (Å²) in [5.74, 6) is -4.20. The molecule has 0 aliphatic carbocycles. The van der Waals surface area contributed by atoms with E-state index in [9.17, 15) is 35.9 Å². The number of sulfonamides is 1. The summed E-state index contributed by atoms with van der Waals surface area (Å²) in [4.78, 5) is 24.4. The highest BCUT2D eigenvalue weighted by Gasteiger charge is 2.38. The second-order valence-corrected chi connectivity index (χ2v) is 9.87. The molecule has 0 bridgehead atoms. The summed E-state index contributed by atoms with van der Waals surface area (Å²) in [5, 5.41) is 16.5. The number of hydrogen-bond acceptors (Lipinski definition) is 6. The minimum atomic E-state index is -5.08. The number of alkyl halides is 3. The summed E-state index contributed by atoms with van der Waals surface area (Å²) < 4.78 is 74.1. The van der Waals surface area contributed by atoms with Crippen LogP contribution in [0.1, 0.15) is 10.4 Å². The van der Waals surface area contributed by atoms with Crippen molar-refractivity contribution < 1.29 is 45.8 Å². The maximum atomic E-state index is 14.1. The number of carbonyl (C=O) groups is 2. The van der Waals surface area contributed by atoms with E-state index in [0.29, 0.717) is 37.6 Å². The Labute approximate surface area is 221 Å². The molecule has 0 spiro atoms. The number of hydrogen-bond donors (Lipinski definition) is 3. The summed E-state index contributed by atoms with van der Waals surface area (Å²) in [7, 11) is -3.91. The number of nitrogens with zero attached hydrogens (tertiary/aromatic N) is 2. The third-order valence-corrected chi connectivity index (χ3v) is 6.98. The average Bonchev–Trinajstić information content (AvgIpc) is 2.89. The predicted molar refractivity (Wildman–Crippen MR) is 135 cm³/mol. The number of benzene rings is 3. The van der Waals surface area contributed by atoms with Gasteiger partial charge in [0.1, 0.15) is 5.82 Å². The fourth-order valence-electron chi connectivity index (χ4n) is 3.73. The van der Waals surface area contributed by atoms with E-state index in [-0.39, 0.29) is 22.0 Å². The topological polar surface area (TPSA) is 127 Å². The lowest BCUT2D eigenvalue weighted by Gasteiger charge is -2.38. The molecule has 0 saturated carbocycles. The first-order chi connectivity index (χ1) is 18.3. The molecular weight excluding hydrogens is 546 g/mol. The Morgan fingerprint density at radius 3 is 1.82 bits per heavy atom. The van der Waals surface area contributed by atoms with Gasteiger partial charge in [0.2, 0.25) is 0 Å². The summed E-state index contributed by atoms with van der Waals surface area (Å²) in [5.41, 5.74) is 1.26. The lowest BCUT2D eigenvalue weighted by molar-refractivity contribution is -0.192. The van der Waals surface area contributed by atoms with Gasteiger partial charge in [-0.1, -0.05) is 30.3 Å². The Morgan fingerprint density at radius 2 is 1.31 bits per heavy atom. The summed E-state index contributed by atoms with van der Waals surface area (Å²) in [6.45, 7) is 2.10.